The van der Waals surface area contributed by atoms with Crippen molar-refractivity contribution in [1.82, 2.24) is 5.32 Å². The van der Waals surface area contributed by atoms with E-state index >= 15 is 0 Å². The monoisotopic (exact) mass is 206 g/mol. The third-order valence-electron chi connectivity index (χ3n) is 4.14. The highest BCUT2D eigenvalue weighted by atomic mass is 14.9. The molecule has 1 atom stereocenters. The second-order valence-corrected chi connectivity index (χ2v) is 6.64. The Kier molecular flexibility index (Phi) is 2.35. The lowest BCUT2D eigenvalue weighted by Crippen LogP contribution is -2.32. The van der Waals surface area contributed by atoms with Crippen LogP contribution >= 0.6 is 0 Å². The van der Waals surface area contributed by atoms with Crippen LogP contribution < -0.4 is 5.32 Å². The Labute approximate surface area is 93.0 Å². The van der Waals surface area contributed by atoms with E-state index in [0.717, 1.165) is 25.9 Å². The molecule has 0 aromatic rings. The van der Waals surface area contributed by atoms with Gasteiger partial charge in [-0.25, -0.2) is 0 Å². The first-order valence-corrected chi connectivity index (χ1v) is 6.05. The number of rotatable bonds is 1. The third-order valence-corrected chi connectivity index (χ3v) is 4.14. The Morgan fingerprint density at radius 2 is 1.87 bits per heavy atom. The van der Waals surface area contributed by atoms with Gasteiger partial charge in [0.15, 0.2) is 0 Å². The predicted molar refractivity (Wildman–Crippen MR) is 61.3 cm³/mol. The highest BCUT2D eigenvalue weighted by molar-refractivity contribution is 5.26. The molecule has 2 fully saturated rings. The summed E-state index contributed by atoms with van der Waals surface area (Å²) in [5, 5.41) is 12.9. The summed E-state index contributed by atoms with van der Waals surface area (Å²) >= 11 is 0. The van der Waals surface area contributed by atoms with Crippen LogP contribution in [-0.2, 0) is 0 Å². The van der Waals surface area contributed by atoms with Crippen molar-refractivity contribution in [2.24, 2.45) is 16.2 Å². The van der Waals surface area contributed by atoms with Crippen LogP contribution in [0.4, 0.5) is 0 Å². The molecule has 2 rings (SSSR count). The fraction of sp³-hybridized carbons (Fsp3) is 0.923. The fourth-order valence-electron chi connectivity index (χ4n) is 3.45. The van der Waals surface area contributed by atoms with Crippen molar-refractivity contribution in [3.05, 3.63) is 0 Å². The van der Waals surface area contributed by atoms with E-state index < -0.39 is 0 Å². The lowest BCUT2D eigenvalue weighted by molar-refractivity contribution is 0.229. The zero-order valence-corrected chi connectivity index (χ0v) is 10.2. The van der Waals surface area contributed by atoms with Gasteiger partial charge >= 0.3 is 0 Å². The zero-order valence-electron chi connectivity index (χ0n) is 10.2. The Hall–Kier alpha value is -0.550. The van der Waals surface area contributed by atoms with Gasteiger partial charge in [-0.3, -0.25) is 0 Å². The van der Waals surface area contributed by atoms with Gasteiger partial charge in [-0.2, -0.15) is 5.26 Å². The average molecular weight is 206 g/mol. The van der Waals surface area contributed by atoms with E-state index in [0.29, 0.717) is 5.41 Å². The quantitative estimate of drug-likeness (QED) is 0.716. The van der Waals surface area contributed by atoms with Crippen molar-refractivity contribution in [1.29, 1.82) is 5.26 Å². The molecule has 1 saturated heterocycles. The number of nitrogens with one attached hydrogen (secondary N) is 1. The standard InChI is InChI=1S/C13H22N2/c1-11(2,3)8-13(10-14)9-12(13)4-6-15-7-5-12/h15H,4-9H2,1-3H3. The number of hydrogen-bond acceptors (Lipinski definition) is 2. The maximum absolute atomic E-state index is 9.47. The Morgan fingerprint density at radius 3 is 2.33 bits per heavy atom. The molecule has 1 N–H and O–H groups in total. The Morgan fingerprint density at radius 1 is 1.27 bits per heavy atom. The van der Waals surface area contributed by atoms with Crippen molar-refractivity contribution < 1.29 is 0 Å². The molecule has 1 unspecified atom stereocenters. The van der Waals surface area contributed by atoms with Gasteiger partial charge in [-0.1, -0.05) is 20.8 Å². The Balaban J connectivity index is 2.11. The second kappa shape index (κ2) is 3.22. The smallest absolute Gasteiger partial charge is 0.0696 e. The van der Waals surface area contributed by atoms with Gasteiger partial charge in [0.05, 0.1) is 11.5 Å². The molecule has 1 spiro atoms. The van der Waals surface area contributed by atoms with E-state index in [1.807, 2.05) is 0 Å². The van der Waals surface area contributed by atoms with Crippen molar-refractivity contribution >= 4 is 0 Å². The second-order valence-electron chi connectivity index (χ2n) is 6.64. The van der Waals surface area contributed by atoms with Crippen LogP contribution in [0.25, 0.3) is 0 Å². The number of nitrogens with zero attached hydrogens (tertiary/aromatic N) is 1. The van der Waals surface area contributed by atoms with Crippen LogP contribution in [0.15, 0.2) is 0 Å². The van der Waals surface area contributed by atoms with E-state index in [9.17, 15) is 5.26 Å². The predicted octanol–water partition coefficient (Wildman–Crippen LogP) is 2.71. The van der Waals surface area contributed by atoms with Gasteiger partial charge in [0.2, 0.25) is 0 Å². The first-order valence-electron chi connectivity index (χ1n) is 6.05. The van der Waals surface area contributed by atoms with Gasteiger partial charge in [0, 0.05) is 0 Å². The molecule has 0 aromatic heterocycles. The van der Waals surface area contributed by atoms with Crippen LogP contribution in [-0.4, -0.2) is 13.1 Å². The summed E-state index contributed by atoms with van der Waals surface area (Å²) in [5.41, 5.74) is 0.664. The SMILES string of the molecule is CC(C)(C)CC1(C#N)CC12CCNCC2. The molecule has 2 aliphatic rings. The molecular weight excluding hydrogens is 184 g/mol. The van der Waals surface area contributed by atoms with Crippen LogP contribution in [0, 0.1) is 27.6 Å². The van der Waals surface area contributed by atoms with Gasteiger partial charge < -0.3 is 5.32 Å². The summed E-state index contributed by atoms with van der Waals surface area (Å²) in [5.74, 6) is 0. The topological polar surface area (TPSA) is 35.8 Å². The van der Waals surface area contributed by atoms with Gasteiger partial charge in [0.25, 0.3) is 0 Å². The lowest BCUT2D eigenvalue weighted by Gasteiger charge is -2.30. The summed E-state index contributed by atoms with van der Waals surface area (Å²) in [4.78, 5) is 0. The fourth-order valence-corrected chi connectivity index (χ4v) is 3.45. The molecule has 0 amide bonds. The van der Waals surface area contributed by atoms with Crippen molar-refractivity contribution in [3.8, 4) is 6.07 Å². The van der Waals surface area contributed by atoms with E-state index in [2.05, 4.69) is 32.2 Å². The zero-order chi connectivity index (χ0) is 11.2. The molecule has 1 aliphatic heterocycles. The molecule has 15 heavy (non-hydrogen) atoms. The van der Waals surface area contributed by atoms with E-state index in [-0.39, 0.29) is 10.8 Å². The van der Waals surface area contributed by atoms with E-state index in [1.54, 1.807) is 0 Å². The summed E-state index contributed by atoms with van der Waals surface area (Å²) in [6.07, 6.45) is 4.62. The van der Waals surface area contributed by atoms with Gasteiger partial charge in [-0.15, -0.1) is 0 Å². The maximum Gasteiger partial charge on any atom is 0.0696 e. The molecule has 2 nitrogen and oxygen atoms in total. The number of hydrogen-bond donors (Lipinski definition) is 1. The summed E-state index contributed by atoms with van der Waals surface area (Å²) in [7, 11) is 0. The average Bonchev–Trinajstić information content (AvgIpc) is 2.71. The first-order chi connectivity index (χ1) is 6.93. The van der Waals surface area contributed by atoms with Crippen LogP contribution in [0.2, 0.25) is 0 Å². The summed E-state index contributed by atoms with van der Waals surface area (Å²) < 4.78 is 0. The highest BCUT2D eigenvalue weighted by Gasteiger charge is 2.67. The number of nitriles is 1. The lowest BCUT2D eigenvalue weighted by atomic mass is 9.76. The maximum atomic E-state index is 9.47. The van der Waals surface area contributed by atoms with Crippen molar-refractivity contribution in [3.63, 3.8) is 0 Å². The summed E-state index contributed by atoms with van der Waals surface area (Å²) in [6, 6.07) is 2.64. The molecule has 1 aliphatic carbocycles. The molecule has 2 heteroatoms. The van der Waals surface area contributed by atoms with Crippen molar-refractivity contribution in [2.45, 2.75) is 46.5 Å². The molecule has 84 valence electrons. The normalized spacial score (nSPS) is 33.7. The van der Waals surface area contributed by atoms with Gasteiger partial charge in [-0.05, 0) is 49.6 Å². The molecule has 1 heterocycles. The minimum atomic E-state index is 0.00729. The molecule has 1 saturated carbocycles. The molecule has 0 bridgehead atoms. The number of piperidine rings is 1. The Bertz CT molecular complexity index is 289. The van der Waals surface area contributed by atoms with Crippen LogP contribution in [0.5, 0.6) is 0 Å². The first kappa shape index (κ1) is 11.0. The molecular formula is C13H22N2. The van der Waals surface area contributed by atoms with E-state index in [1.165, 1.54) is 12.8 Å². The summed E-state index contributed by atoms with van der Waals surface area (Å²) in [6.45, 7) is 8.96. The minimum absolute atomic E-state index is 0.00729. The largest absolute Gasteiger partial charge is 0.317 e. The molecule has 0 radical (unpaired) electrons. The molecule has 0 aromatic carbocycles. The minimum Gasteiger partial charge on any atom is -0.317 e. The van der Waals surface area contributed by atoms with E-state index in [4.69, 9.17) is 0 Å². The van der Waals surface area contributed by atoms with Crippen LogP contribution in [0.1, 0.15) is 46.5 Å². The van der Waals surface area contributed by atoms with Crippen LogP contribution in [0.3, 0.4) is 0 Å². The third kappa shape index (κ3) is 1.78. The van der Waals surface area contributed by atoms with Gasteiger partial charge in [0.1, 0.15) is 0 Å². The van der Waals surface area contributed by atoms with Crippen molar-refractivity contribution in [2.75, 3.05) is 13.1 Å². The highest BCUT2D eigenvalue weighted by Crippen LogP contribution is 2.71.